The monoisotopic (exact) mass is 212 g/mol. The van der Waals surface area contributed by atoms with Crippen molar-refractivity contribution in [2.24, 2.45) is 5.92 Å². The Morgan fingerprint density at radius 2 is 2.07 bits per heavy atom. The summed E-state index contributed by atoms with van der Waals surface area (Å²) >= 11 is 0. The summed E-state index contributed by atoms with van der Waals surface area (Å²) < 4.78 is 10.6. The highest BCUT2D eigenvalue weighted by atomic mass is 16.7. The highest BCUT2D eigenvalue weighted by Crippen LogP contribution is 2.48. The lowest BCUT2D eigenvalue weighted by Gasteiger charge is -2.25. The molecule has 86 valence electrons. The number of ether oxygens (including phenoxy) is 2. The van der Waals surface area contributed by atoms with Crippen molar-refractivity contribution in [2.75, 3.05) is 6.61 Å². The Hall–Kier alpha value is -0.570. The molecule has 2 unspecified atom stereocenters. The van der Waals surface area contributed by atoms with E-state index in [1.54, 1.807) is 0 Å². The van der Waals surface area contributed by atoms with E-state index in [0.29, 0.717) is 12.5 Å². The fourth-order valence-corrected chi connectivity index (χ4v) is 2.71. The van der Waals surface area contributed by atoms with E-state index in [2.05, 4.69) is 6.92 Å². The smallest absolute Gasteiger partial charge is 0.338 e. The molecule has 0 N–H and O–H groups in total. The second-order valence-electron chi connectivity index (χ2n) is 4.77. The Morgan fingerprint density at radius 3 is 2.67 bits per heavy atom. The Bertz CT molecular complexity index is 245. The van der Waals surface area contributed by atoms with Crippen LogP contribution in [0.5, 0.6) is 0 Å². The quantitative estimate of drug-likeness (QED) is 0.532. The average molecular weight is 212 g/mol. The highest BCUT2D eigenvalue weighted by Gasteiger charge is 2.61. The van der Waals surface area contributed by atoms with Crippen LogP contribution in [0.4, 0.5) is 0 Å². The van der Waals surface area contributed by atoms with Crippen LogP contribution in [0.3, 0.4) is 0 Å². The van der Waals surface area contributed by atoms with Crippen LogP contribution >= 0.6 is 0 Å². The van der Waals surface area contributed by atoms with Crippen molar-refractivity contribution in [3.8, 4) is 0 Å². The van der Waals surface area contributed by atoms with E-state index in [4.69, 9.17) is 9.47 Å². The van der Waals surface area contributed by atoms with Crippen LogP contribution in [0.15, 0.2) is 0 Å². The summed E-state index contributed by atoms with van der Waals surface area (Å²) in [7, 11) is 0. The van der Waals surface area contributed by atoms with Gasteiger partial charge in [-0.3, -0.25) is 0 Å². The van der Waals surface area contributed by atoms with E-state index in [9.17, 15) is 4.79 Å². The van der Waals surface area contributed by atoms with E-state index in [1.807, 2.05) is 6.92 Å². The SMILES string of the molecule is CCOC(=O)C1OC1(C)C1CCCCC1. The summed E-state index contributed by atoms with van der Waals surface area (Å²) in [6.45, 7) is 4.34. The topological polar surface area (TPSA) is 38.8 Å². The molecule has 1 aliphatic carbocycles. The summed E-state index contributed by atoms with van der Waals surface area (Å²) in [5, 5.41) is 0. The first kappa shape index (κ1) is 10.9. The van der Waals surface area contributed by atoms with Crippen molar-refractivity contribution in [2.45, 2.75) is 57.7 Å². The molecule has 3 heteroatoms. The molecule has 0 spiro atoms. The number of hydrogen-bond donors (Lipinski definition) is 0. The molecule has 1 heterocycles. The fourth-order valence-electron chi connectivity index (χ4n) is 2.71. The molecule has 3 nitrogen and oxygen atoms in total. The summed E-state index contributed by atoms with van der Waals surface area (Å²) in [5.74, 6) is 0.381. The van der Waals surface area contributed by atoms with Gasteiger partial charge < -0.3 is 9.47 Å². The van der Waals surface area contributed by atoms with Crippen molar-refractivity contribution < 1.29 is 14.3 Å². The average Bonchev–Trinajstić information content (AvgIpc) is 2.94. The third kappa shape index (κ3) is 2.03. The predicted octanol–water partition coefficient (Wildman–Crippen LogP) is 2.29. The zero-order valence-electron chi connectivity index (χ0n) is 9.62. The molecule has 0 amide bonds. The van der Waals surface area contributed by atoms with Gasteiger partial charge in [0, 0.05) is 0 Å². The lowest BCUT2D eigenvalue weighted by molar-refractivity contribution is -0.144. The Kier molecular flexibility index (Phi) is 3.01. The van der Waals surface area contributed by atoms with Gasteiger partial charge in [0.25, 0.3) is 0 Å². The van der Waals surface area contributed by atoms with Crippen LogP contribution in [0, 0.1) is 5.92 Å². The number of rotatable bonds is 3. The third-order valence-corrected chi connectivity index (χ3v) is 3.75. The molecule has 0 radical (unpaired) electrons. The van der Waals surface area contributed by atoms with Crippen LogP contribution < -0.4 is 0 Å². The maximum absolute atomic E-state index is 11.5. The molecule has 0 aromatic heterocycles. The minimum Gasteiger partial charge on any atom is -0.464 e. The van der Waals surface area contributed by atoms with Crippen molar-refractivity contribution in [3.05, 3.63) is 0 Å². The van der Waals surface area contributed by atoms with Crippen LogP contribution in [0.25, 0.3) is 0 Å². The van der Waals surface area contributed by atoms with E-state index in [1.165, 1.54) is 32.1 Å². The maximum Gasteiger partial charge on any atom is 0.338 e. The molecule has 2 aliphatic rings. The fraction of sp³-hybridized carbons (Fsp3) is 0.917. The number of hydrogen-bond acceptors (Lipinski definition) is 3. The first-order valence-corrected chi connectivity index (χ1v) is 6.03. The van der Waals surface area contributed by atoms with Crippen LogP contribution in [-0.4, -0.2) is 24.3 Å². The molecule has 2 fully saturated rings. The minimum atomic E-state index is -0.291. The Balaban J connectivity index is 1.90. The molecule has 1 aliphatic heterocycles. The summed E-state index contributed by atoms with van der Waals surface area (Å²) in [5.41, 5.74) is -0.216. The van der Waals surface area contributed by atoms with Gasteiger partial charge in [0.2, 0.25) is 0 Å². The van der Waals surface area contributed by atoms with Gasteiger partial charge in [-0.2, -0.15) is 0 Å². The van der Waals surface area contributed by atoms with Crippen molar-refractivity contribution in [1.82, 2.24) is 0 Å². The molecule has 2 atom stereocenters. The van der Waals surface area contributed by atoms with Crippen LogP contribution in [0.1, 0.15) is 46.0 Å². The van der Waals surface area contributed by atoms with Gasteiger partial charge in [-0.05, 0) is 32.6 Å². The number of esters is 1. The molecule has 0 bridgehead atoms. The van der Waals surface area contributed by atoms with E-state index >= 15 is 0 Å². The number of carbonyl (C=O) groups is 1. The number of carbonyl (C=O) groups excluding carboxylic acids is 1. The molecule has 0 aromatic carbocycles. The minimum absolute atomic E-state index is 0.175. The van der Waals surface area contributed by atoms with Crippen LogP contribution in [0.2, 0.25) is 0 Å². The second kappa shape index (κ2) is 4.12. The zero-order chi connectivity index (χ0) is 10.9. The molecule has 15 heavy (non-hydrogen) atoms. The van der Waals surface area contributed by atoms with Crippen molar-refractivity contribution in [3.63, 3.8) is 0 Å². The third-order valence-electron chi connectivity index (χ3n) is 3.75. The summed E-state index contributed by atoms with van der Waals surface area (Å²) in [6, 6.07) is 0. The highest BCUT2D eigenvalue weighted by molar-refractivity contribution is 5.79. The Labute approximate surface area is 91.1 Å². The molecule has 1 saturated heterocycles. The van der Waals surface area contributed by atoms with Gasteiger partial charge in [-0.1, -0.05) is 19.3 Å². The van der Waals surface area contributed by atoms with E-state index in [-0.39, 0.29) is 17.7 Å². The van der Waals surface area contributed by atoms with Gasteiger partial charge in [-0.25, -0.2) is 4.79 Å². The lowest BCUT2D eigenvalue weighted by atomic mass is 9.79. The van der Waals surface area contributed by atoms with Gasteiger partial charge in [0.15, 0.2) is 6.10 Å². The molecule has 1 saturated carbocycles. The molecular weight excluding hydrogens is 192 g/mol. The summed E-state index contributed by atoms with van der Waals surface area (Å²) in [4.78, 5) is 11.5. The van der Waals surface area contributed by atoms with Gasteiger partial charge in [-0.15, -0.1) is 0 Å². The van der Waals surface area contributed by atoms with Gasteiger partial charge >= 0.3 is 5.97 Å². The molecule has 2 rings (SSSR count). The molecule has 0 aromatic rings. The summed E-state index contributed by atoms with van der Waals surface area (Å²) in [6.07, 6.45) is 5.99. The van der Waals surface area contributed by atoms with E-state index < -0.39 is 0 Å². The standard InChI is InChI=1S/C12H20O3/c1-3-14-11(13)10-12(2,15-10)9-7-5-4-6-8-9/h9-10H,3-8H2,1-2H3. The van der Waals surface area contributed by atoms with Crippen molar-refractivity contribution in [1.29, 1.82) is 0 Å². The van der Waals surface area contributed by atoms with Crippen molar-refractivity contribution >= 4 is 5.97 Å². The Morgan fingerprint density at radius 1 is 1.40 bits per heavy atom. The second-order valence-corrected chi connectivity index (χ2v) is 4.77. The first-order valence-electron chi connectivity index (χ1n) is 6.03. The lowest BCUT2D eigenvalue weighted by Crippen LogP contribution is -2.29. The predicted molar refractivity (Wildman–Crippen MR) is 56.5 cm³/mol. The largest absolute Gasteiger partial charge is 0.464 e. The first-order chi connectivity index (χ1) is 7.18. The van der Waals surface area contributed by atoms with Gasteiger partial charge in [0.05, 0.1) is 6.61 Å². The van der Waals surface area contributed by atoms with Crippen LogP contribution in [-0.2, 0) is 14.3 Å². The number of epoxide rings is 1. The molecular formula is C12H20O3. The normalized spacial score (nSPS) is 36.3. The van der Waals surface area contributed by atoms with E-state index in [0.717, 1.165) is 0 Å². The maximum atomic E-state index is 11.5. The zero-order valence-corrected chi connectivity index (χ0v) is 9.62. The van der Waals surface area contributed by atoms with Gasteiger partial charge in [0.1, 0.15) is 5.60 Å².